The number of carbonyl (C=O) groups excluding carboxylic acids is 1. The molecule has 4 heteroatoms. The van der Waals surface area contributed by atoms with Gasteiger partial charge in [0.05, 0.1) is 19.1 Å². The molecule has 2 rings (SSSR count). The van der Waals surface area contributed by atoms with E-state index >= 15 is 0 Å². The third-order valence-electron chi connectivity index (χ3n) is 3.49. The highest BCUT2D eigenvalue weighted by Gasteiger charge is 2.57. The molecule has 1 aliphatic heterocycles. The molecular formula is C10H17NO3. The van der Waals surface area contributed by atoms with Crippen molar-refractivity contribution in [1.82, 2.24) is 0 Å². The average Bonchev–Trinajstić information content (AvgIpc) is 2.84. The molecule has 0 aromatic rings. The van der Waals surface area contributed by atoms with Gasteiger partial charge in [-0.15, -0.1) is 0 Å². The minimum atomic E-state index is -0.382. The van der Waals surface area contributed by atoms with Gasteiger partial charge < -0.3 is 15.2 Å². The highest BCUT2D eigenvalue weighted by atomic mass is 16.5. The highest BCUT2D eigenvalue weighted by molar-refractivity contribution is 5.80. The maximum atomic E-state index is 11.6. The average molecular weight is 199 g/mol. The van der Waals surface area contributed by atoms with Crippen molar-refractivity contribution in [3.63, 3.8) is 0 Å². The first-order valence-corrected chi connectivity index (χ1v) is 5.12. The summed E-state index contributed by atoms with van der Waals surface area (Å²) >= 11 is 0. The molecule has 1 aliphatic carbocycles. The summed E-state index contributed by atoms with van der Waals surface area (Å²) in [4.78, 5) is 11.6. The van der Waals surface area contributed by atoms with Gasteiger partial charge in [-0.05, 0) is 19.3 Å². The van der Waals surface area contributed by atoms with E-state index in [0.29, 0.717) is 12.5 Å². The predicted octanol–water partition coefficient (Wildman–Crippen LogP) is 0.303. The summed E-state index contributed by atoms with van der Waals surface area (Å²) in [5.74, 6) is 0.188. The van der Waals surface area contributed by atoms with E-state index in [1.54, 1.807) is 0 Å². The van der Waals surface area contributed by atoms with Gasteiger partial charge in [-0.2, -0.15) is 0 Å². The van der Waals surface area contributed by atoms with E-state index in [9.17, 15) is 4.79 Å². The number of hydrogen-bond donors (Lipinski definition) is 1. The summed E-state index contributed by atoms with van der Waals surface area (Å²) in [6.07, 6.45) is 2.72. The zero-order valence-corrected chi connectivity index (χ0v) is 8.49. The second-order valence-electron chi connectivity index (χ2n) is 4.30. The number of ether oxygens (including phenoxy) is 2. The van der Waals surface area contributed by atoms with Gasteiger partial charge >= 0.3 is 5.97 Å². The molecule has 0 bridgehead atoms. The standard InChI is InChI=1S/C10H17NO3/c1-13-9(12)10(3-4-10)8(11)7-2-5-14-6-7/h7-8H,2-6,11H2,1H3. The molecule has 1 heterocycles. The van der Waals surface area contributed by atoms with Gasteiger partial charge in [-0.1, -0.05) is 0 Å². The monoisotopic (exact) mass is 199 g/mol. The second-order valence-corrected chi connectivity index (χ2v) is 4.30. The summed E-state index contributed by atoms with van der Waals surface area (Å²) in [6.45, 7) is 1.47. The van der Waals surface area contributed by atoms with Crippen LogP contribution in [0.3, 0.4) is 0 Å². The molecule has 2 atom stereocenters. The molecule has 2 N–H and O–H groups in total. The Labute approximate surface area is 83.7 Å². The predicted molar refractivity (Wildman–Crippen MR) is 50.6 cm³/mol. The first-order chi connectivity index (χ1) is 6.70. The first-order valence-electron chi connectivity index (χ1n) is 5.12. The summed E-state index contributed by atoms with van der Waals surface area (Å²) in [5, 5.41) is 0. The molecule has 2 aliphatic rings. The molecule has 1 saturated heterocycles. The minimum absolute atomic E-state index is 0.0857. The normalized spacial score (nSPS) is 31.1. The van der Waals surface area contributed by atoms with Gasteiger partial charge in [0.1, 0.15) is 0 Å². The van der Waals surface area contributed by atoms with E-state index in [-0.39, 0.29) is 17.4 Å². The van der Waals surface area contributed by atoms with Crippen LogP contribution in [0.2, 0.25) is 0 Å². The van der Waals surface area contributed by atoms with Crippen LogP contribution in [-0.4, -0.2) is 32.3 Å². The molecule has 14 heavy (non-hydrogen) atoms. The van der Waals surface area contributed by atoms with Crippen molar-refractivity contribution >= 4 is 5.97 Å². The van der Waals surface area contributed by atoms with Crippen LogP contribution in [0.1, 0.15) is 19.3 Å². The van der Waals surface area contributed by atoms with Crippen molar-refractivity contribution in [2.24, 2.45) is 17.1 Å². The Bertz CT molecular complexity index is 232. The number of esters is 1. The third kappa shape index (κ3) is 1.42. The molecule has 1 saturated carbocycles. The van der Waals surface area contributed by atoms with Gasteiger partial charge in [0.15, 0.2) is 0 Å². The smallest absolute Gasteiger partial charge is 0.313 e. The SMILES string of the molecule is COC(=O)C1(C(N)C2CCOC2)CC1. The lowest BCUT2D eigenvalue weighted by Gasteiger charge is -2.25. The molecule has 0 aromatic heterocycles. The number of hydrogen-bond acceptors (Lipinski definition) is 4. The summed E-state index contributed by atoms with van der Waals surface area (Å²) < 4.78 is 10.1. The fraction of sp³-hybridized carbons (Fsp3) is 0.900. The van der Waals surface area contributed by atoms with Crippen LogP contribution in [0.5, 0.6) is 0 Å². The second kappa shape index (κ2) is 3.51. The number of nitrogens with two attached hydrogens (primary N) is 1. The molecule has 80 valence electrons. The summed E-state index contributed by atoms with van der Waals surface area (Å²) in [7, 11) is 1.43. The van der Waals surface area contributed by atoms with E-state index in [4.69, 9.17) is 15.2 Å². The van der Waals surface area contributed by atoms with Gasteiger partial charge in [0.2, 0.25) is 0 Å². The highest BCUT2D eigenvalue weighted by Crippen LogP contribution is 2.51. The Hall–Kier alpha value is -0.610. The van der Waals surface area contributed by atoms with Crippen LogP contribution < -0.4 is 5.73 Å². The van der Waals surface area contributed by atoms with E-state index in [0.717, 1.165) is 25.9 Å². The van der Waals surface area contributed by atoms with Crippen molar-refractivity contribution in [3.8, 4) is 0 Å². The summed E-state index contributed by atoms with van der Waals surface area (Å²) in [5.41, 5.74) is 5.73. The lowest BCUT2D eigenvalue weighted by molar-refractivity contribution is -0.148. The maximum Gasteiger partial charge on any atom is 0.313 e. The zero-order valence-electron chi connectivity index (χ0n) is 8.49. The van der Waals surface area contributed by atoms with Crippen LogP contribution in [-0.2, 0) is 14.3 Å². The Balaban J connectivity index is 2.02. The molecule has 4 nitrogen and oxygen atoms in total. The minimum Gasteiger partial charge on any atom is -0.469 e. The zero-order chi connectivity index (χ0) is 10.2. The molecule has 0 amide bonds. The molecule has 0 radical (unpaired) electrons. The lowest BCUT2D eigenvalue weighted by Crippen LogP contribution is -2.44. The Morgan fingerprint density at radius 3 is 2.79 bits per heavy atom. The first kappa shape index (κ1) is 9.93. The molecule has 2 fully saturated rings. The molecular weight excluding hydrogens is 182 g/mol. The Morgan fingerprint density at radius 2 is 2.36 bits per heavy atom. The van der Waals surface area contributed by atoms with E-state index in [1.807, 2.05) is 0 Å². The number of rotatable bonds is 3. The molecule has 0 spiro atoms. The van der Waals surface area contributed by atoms with Crippen LogP contribution in [0.25, 0.3) is 0 Å². The van der Waals surface area contributed by atoms with Crippen LogP contribution in [0.4, 0.5) is 0 Å². The fourth-order valence-electron chi connectivity index (χ4n) is 2.30. The van der Waals surface area contributed by atoms with Crippen LogP contribution in [0.15, 0.2) is 0 Å². The van der Waals surface area contributed by atoms with Gasteiger partial charge in [-0.3, -0.25) is 4.79 Å². The summed E-state index contributed by atoms with van der Waals surface area (Å²) in [6, 6.07) is -0.0857. The van der Waals surface area contributed by atoms with Crippen molar-refractivity contribution in [3.05, 3.63) is 0 Å². The van der Waals surface area contributed by atoms with E-state index < -0.39 is 0 Å². The van der Waals surface area contributed by atoms with E-state index in [2.05, 4.69) is 0 Å². The molecule has 0 aromatic carbocycles. The van der Waals surface area contributed by atoms with Crippen molar-refractivity contribution in [2.75, 3.05) is 20.3 Å². The van der Waals surface area contributed by atoms with Gasteiger partial charge in [0.25, 0.3) is 0 Å². The quantitative estimate of drug-likeness (QED) is 0.664. The fourth-order valence-corrected chi connectivity index (χ4v) is 2.30. The largest absolute Gasteiger partial charge is 0.469 e. The van der Waals surface area contributed by atoms with Crippen molar-refractivity contribution in [1.29, 1.82) is 0 Å². The van der Waals surface area contributed by atoms with E-state index in [1.165, 1.54) is 7.11 Å². The Kier molecular flexibility index (Phi) is 2.49. The van der Waals surface area contributed by atoms with Gasteiger partial charge in [-0.25, -0.2) is 0 Å². The topological polar surface area (TPSA) is 61.5 Å². The number of carbonyl (C=O) groups is 1. The van der Waals surface area contributed by atoms with Crippen molar-refractivity contribution in [2.45, 2.75) is 25.3 Å². The van der Waals surface area contributed by atoms with Gasteiger partial charge in [0, 0.05) is 18.6 Å². The third-order valence-corrected chi connectivity index (χ3v) is 3.49. The maximum absolute atomic E-state index is 11.6. The van der Waals surface area contributed by atoms with Crippen LogP contribution in [0, 0.1) is 11.3 Å². The van der Waals surface area contributed by atoms with Crippen LogP contribution >= 0.6 is 0 Å². The Morgan fingerprint density at radius 1 is 1.64 bits per heavy atom. The molecule has 2 unspecified atom stereocenters. The van der Waals surface area contributed by atoms with Crippen molar-refractivity contribution < 1.29 is 14.3 Å². The number of methoxy groups -OCH3 is 1. The lowest BCUT2D eigenvalue weighted by atomic mass is 9.86.